The molecule has 0 unspecified atom stereocenters. The fraction of sp³-hybridized carbons (Fsp3) is 0.435. The van der Waals surface area contributed by atoms with E-state index in [9.17, 15) is 14.3 Å². The van der Waals surface area contributed by atoms with E-state index in [2.05, 4.69) is 11.4 Å². The molecule has 2 aromatic rings. The van der Waals surface area contributed by atoms with E-state index in [-0.39, 0.29) is 29.8 Å². The zero-order chi connectivity index (χ0) is 19.5. The Morgan fingerprint density at radius 2 is 2.00 bits per heavy atom. The number of benzene rings is 2. The van der Waals surface area contributed by atoms with Crippen LogP contribution in [0.4, 0.5) is 4.39 Å². The van der Waals surface area contributed by atoms with Gasteiger partial charge in [-0.1, -0.05) is 18.2 Å². The molecule has 1 fully saturated rings. The van der Waals surface area contributed by atoms with Crippen molar-refractivity contribution in [2.75, 3.05) is 6.61 Å². The molecular weight excluding hydrogens is 357 g/mol. The molecule has 1 saturated carbocycles. The first-order chi connectivity index (χ1) is 13.6. The highest BCUT2D eigenvalue weighted by molar-refractivity contribution is 5.76. The van der Waals surface area contributed by atoms with Crippen LogP contribution in [0.5, 0.6) is 5.75 Å². The lowest BCUT2D eigenvalue weighted by atomic mass is 9.74. The maximum atomic E-state index is 13.0. The first kappa shape index (κ1) is 18.9. The van der Waals surface area contributed by atoms with Gasteiger partial charge in [0.15, 0.2) is 0 Å². The van der Waals surface area contributed by atoms with Crippen molar-refractivity contribution in [3.63, 3.8) is 0 Å². The summed E-state index contributed by atoms with van der Waals surface area (Å²) in [6, 6.07) is 12.5. The molecule has 0 saturated heterocycles. The van der Waals surface area contributed by atoms with Crippen LogP contribution in [0.3, 0.4) is 0 Å². The van der Waals surface area contributed by atoms with Crippen molar-refractivity contribution in [2.24, 2.45) is 5.92 Å². The smallest absolute Gasteiger partial charge is 0.220 e. The molecule has 1 amide bonds. The predicted octanol–water partition coefficient (Wildman–Crippen LogP) is 3.71. The summed E-state index contributed by atoms with van der Waals surface area (Å²) < 4.78 is 18.6. The summed E-state index contributed by atoms with van der Waals surface area (Å²) in [7, 11) is 0. The van der Waals surface area contributed by atoms with Gasteiger partial charge in [-0.15, -0.1) is 0 Å². The van der Waals surface area contributed by atoms with Crippen LogP contribution < -0.4 is 10.1 Å². The maximum absolute atomic E-state index is 13.0. The van der Waals surface area contributed by atoms with Crippen molar-refractivity contribution in [1.82, 2.24) is 5.32 Å². The molecule has 1 atom stereocenters. The van der Waals surface area contributed by atoms with Gasteiger partial charge in [-0.2, -0.15) is 0 Å². The Hall–Kier alpha value is -2.40. The highest BCUT2D eigenvalue weighted by Crippen LogP contribution is 2.39. The molecule has 2 aromatic carbocycles. The molecule has 28 heavy (non-hydrogen) atoms. The first-order valence-corrected chi connectivity index (χ1v) is 10.1. The van der Waals surface area contributed by atoms with E-state index >= 15 is 0 Å². The third-order valence-electron chi connectivity index (χ3n) is 5.79. The van der Waals surface area contributed by atoms with Crippen molar-refractivity contribution < 1.29 is 19.0 Å². The predicted molar refractivity (Wildman–Crippen MR) is 105 cm³/mol. The third kappa shape index (κ3) is 4.36. The van der Waals surface area contributed by atoms with Crippen molar-refractivity contribution >= 4 is 5.91 Å². The number of carbonyl (C=O) groups excluding carboxylic acids is 1. The van der Waals surface area contributed by atoms with Gasteiger partial charge in [-0.25, -0.2) is 4.39 Å². The molecule has 5 heteroatoms. The van der Waals surface area contributed by atoms with Crippen molar-refractivity contribution in [3.8, 4) is 5.75 Å². The number of amides is 1. The van der Waals surface area contributed by atoms with Crippen LogP contribution in [0.1, 0.15) is 48.4 Å². The minimum atomic E-state index is -0.263. The minimum Gasteiger partial charge on any atom is -0.493 e. The summed E-state index contributed by atoms with van der Waals surface area (Å²) in [6.45, 7) is 0.710. The van der Waals surface area contributed by atoms with E-state index in [0.717, 1.165) is 36.1 Å². The summed E-state index contributed by atoms with van der Waals surface area (Å²) in [5, 5.41) is 12.9. The molecule has 1 heterocycles. The number of fused-ring (bicyclic) bond motifs is 1. The normalized spacial score (nSPS) is 21.4. The van der Waals surface area contributed by atoms with Gasteiger partial charge < -0.3 is 15.2 Å². The highest BCUT2D eigenvalue weighted by atomic mass is 19.1. The number of rotatable bonds is 7. The molecular formula is C23H26FNO3. The van der Waals surface area contributed by atoms with Crippen LogP contribution in [-0.2, 0) is 17.6 Å². The number of aliphatic hydroxyl groups excluding tert-OH is 1. The second kappa shape index (κ2) is 8.31. The van der Waals surface area contributed by atoms with E-state index in [4.69, 9.17) is 4.74 Å². The lowest BCUT2D eigenvalue weighted by Crippen LogP contribution is -2.41. The summed E-state index contributed by atoms with van der Waals surface area (Å²) in [5.41, 5.74) is 3.31. The summed E-state index contributed by atoms with van der Waals surface area (Å²) >= 11 is 0. The average molecular weight is 383 g/mol. The Bertz CT molecular complexity index is 830. The molecule has 2 aliphatic rings. The van der Waals surface area contributed by atoms with Crippen LogP contribution in [0.15, 0.2) is 42.5 Å². The van der Waals surface area contributed by atoms with Crippen LogP contribution in [0.25, 0.3) is 0 Å². The lowest BCUT2D eigenvalue weighted by molar-refractivity contribution is -0.123. The molecule has 0 spiro atoms. The summed E-state index contributed by atoms with van der Waals surface area (Å²) in [4.78, 5) is 12.6. The molecule has 0 aromatic heterocycles. The minimum absolute atomic E-state index is 0.0187. The van der Waals surface area contributed by atoms with Crippen molar-refractivity contribution in [1.29, 1.82) is 0 Å². The van der Waals surface area contributed by atoms with E-state index < -0.39 is 0 Å². The quantitative estimate of drug-likeness (QED) is 0.766. The fourth-order valence-corrected chi connectivity index (χ4v) is 4.13. The van der Waals surface area contributed by atoms with E-state index in [1.807, 2.05) is 12.1 Å². The Kier molecular flexibility index (Phi) is 5.62. The summed E-state index contributed by atoms with van der Waals surface area (Å²) in [6.07, 6.45) is 3.96. The van der Waals surface area contributed by atoms with Crippen LogP contribution in [-0.4, -0.2) is 23.7 Å². The number of halogens is 1. The van der Waals surface area contributed by atoms with Gasteiger partial charge >= 0.3 is 0 Å². The van der Waals surface area contributed by atoms with Crippen LogP contribution in [0.2, 0.25) is 0 Å². The van der Waals surface area contributed by atoms with Gasteiger partial charge in [-0.05, 0) is 72.6 Å². The summed E-state index contributed by atoms with van der Waals surface area (Å²) in [5.74, 6) is 0.968. The molecule has 0 bridgehead atoms. The lowest BCUT2D eigenvalue weighted by Gasteiger charge is -2.38. The molecule has 1 aliphatic carbocycles. The SMILES string of the molecule is O=C(CCCc1ccc(F)cc1)N[C@H](c1ccc2c(c1)CCO2)C1CC(O)C1. The number of aryl methyl sites for hydroxylation is 1. The standard InChI is InChI=1S/C23H26FNO3/c24-19-7-4-15(5-8-19)2-1-3-22(27)25-23(18-13-20(26)14-18)17-6-9-21-16(12-17)10-11-28-21/h4-9,12,18,20,23,26H,1-3,10-11,13-14H2,(H,25,27)/t18?,20?,23-/m1/s1. The molecule has 1 aliphatic heterocycles. The zero-order valence-corrected chi connectivity index (χ0v) is 15.9. The Balaban J connectivity index is 1.37. The van der Waals surface area contributed by atoms with Crippen LogP contribution >= 0.6 is 0 Å². The molecule has 148 valence electrons. The van der Waals surface area contributed by atoms with Gasteiger partial charge in [0.2, 0.25) is 5.91 Å². The molecule has 2 N–H and O–H groups in total. The Morgan fingerprint density at radius 3 is 2.75 bits per heavy atom. The molecule has 4 nitrogen and oxygen atoms in total. The fourth-order valence-electron chi connectivity index (χ4n) is 4.13. The average Bonchev–Trinajstić information content (AvgIpc) is 3.13. The Labute approximate surface area is 164 Å². The van der Waals surface area contributed by atoms with Crippen LogP contribution in [0, 0.1) is 11.7 Å². The van der Waals surface area contributed by atoms with Gasteiger partial charge in [0, 0.05) is 12.8 Å². The largest absolute Gasteiger partial charge is 0.493 e. The molecule has 0 radical (unpaired) electrons. The van der Waals surface area contributed by atoms with Gasteiger partial charge in [-0.3, -0.25) is 4.79 Å². The third-order valence-corrected chi connectivity index (χ3v) is 5.79. The van der Waals surface area contributed by atoms with Gasteiger partial charge in [0.25, 0.3) is 0 Å². The molecule has 4 rings (SSSR count). The monoisotopic (exact) mass is 383 g/mol. The number of hydrogen-bond acceptors (Lipinski definition) is 3. The number of aliphatic hydroxyl groups is 1. The van der Waals surface area contributed by atoms with E-state index in [1.54, 1.807) is 12.1 Å². The van der Waals surface area contributed by atoms with Gasteiger partial charge in [0.05, 0.1) is 18.8 Å². The maximum Gasteiger partial charge on any atom is 0.220 e. The number of carbonyl (C=O) groups is 1. The van der Waals surface area contributed by atoms with E-state index in [0.29, 0.717) is 25.9 Å². The number of hydrogen-bond donors (Lipinski definition) is 2. The topological polar surface area (TPSA) is 58.6 Å². The number of nitrogens with one attached hydrogen (secondary N) is 1. The second-order valence-corrected chi connectivity index (χ2v) is 7.88. The number of ether oxygens (including phenoxy) is 1. The zero-order valence-electron chi connectivity index (χ0n) is 15.9. The van der Waals surface area contributed by atoms with E-state index in [1.165, 1.54) is 17.7 Å². The van der Waals surface area contributed by atoms with Gasteiger partial charge in [0.1, 0.15) is 11.6 Å². The first-order valence-electron chi connectivity index (χ1n) is 10.1. The second-order valence-electron chi connectivity index (χ2n) is 7.88. The Morgan fingerprint density at radius 1 is 1.21 bits per heavy atom. The van der Waals surface area contributed by atoms with Crippen molar-refractivity contribution in [3.05, 3.63) is 65.0 Å². The van der Waals surface area contributed by atoms with Crippen molar-refractivity contribution in [2.45, 2.75) is 50.7 Å². The highest BCUT2D eigenvalue weighted by Gasteiger charge is 2.36.